The number of benzene rings is 4. The molecule has 4 aromatic carbocycles. The van der Waals surface area contributed by atoms with Crippen LogP contribution in [0.15, 0.2) is 91.0 Å². The van der Waals surface area contributed by atoms with Crippen molar-refractivity contribution < 1.29 is 14.3 Å². The summed E-state index contributed by atoms with van der Waals surface area (Å²) in [6, 6.07) is 29.7. The van der Waals surface area contributed by atoms with Crippen LogP contribution in [-0.4, -0.2) is 25.0 Å². The number of fused-ring (bicyclic) bond motifs is 6. The summed E-state index contributed by atoms with van der Waals surface area (Å²) < 4.78 is 5.54. The molecule has 0 fully saturated rings. The first-order valence-electron chi connectivity index (χ1n) is 11.6. The van der Waals surface area contributed by atoms with Gasteiger partial charge in [-0.3, -0.25) is 4.79 Å². The summed E-state index contributed by atoms with van der Waals surface area (Å²) in [5.41, 5.74) is 8.77. The monoisotopic (exact) mass is 455 g/mol. The maximum Gasteiger partial charge on any atom is 0.407 e. The SMILES string of the molecule is O=C(NCC#Cc1ccc2c(c1)C(=O)c1ccccc1-2)OCC1c2ccccc2-c2ccccc21. The van der Waals surface area contributed by atoms with Crippen molar-refractivity contribution >= 4 is 11.9 Å². The molecule has 0 radical (unpaired) electrons. The van der Waals surface area contributed by atoms with Crippen LogP contribution in [-0.2, 0) is 4.74 Å². The summed E-state index contributed by atoms with van der Waals surface area (Å²) in [5.74, 6) is 6.02. The van der Waals surface area contributed by atoms with Crippen LogP contribution in [0.1, 0.15) is 38.5 Å². The van der Waals surface area contributed by atoms with E-state index in [-0.39, 0.29) is 24.9 Å². The molecule has 4 aromatic rings. The number of ether oxygens (including phenoxy) is 1. The highest BCUT2D eigenvalue weighted by Crippen LogP contribution is 2.44. The lowest BCUT2D eigenvalue weighted by molar-refractivity contribution is 0.104. The van der Waals surface area contributed by atoms with E-state index in [4.69, 9.17) is 4.74 Å². The first-order chi connectivity index (χ1) is 17.2. The van der Waals surface area contributed by atoms with Crippen molar-refractivity contribution in [3.05, 3.63) is 119 Å². The molecule has 0 aliphatic heterocycles. The second kappa shape index (κ2) is 8.62. The van der Waals surface area contributed by atoms with Crippen molar-refractivity contribution in [2.24, 2.45) is 0 Å². The standard InChI is InChI=1S/C31H21NO3/c33-30-27-14-6-5-11-23(27)26-16-15-20(18-28(26)30)8-7-17-32-31(34)35-19-29-24-12-3-1-9-21(24)22-10-2-4-13-25(22)29/h1-6,9-16,18,29H,17,19H2,(H,32,34). The molecule has 1 amide bonds. The van der Waals surface area contributed by atoms with Crippen molar-refractivity contribution in [3.8, 4) is 34.1 Å². The number of amides is 1. The molecule has 0 saturated heterocycles. The van der Waals surface area contributed by atoms with Crippen LogP contribution >= 0.6 is 0 Å². The van der Waals surface area contributed by atoms with Gasteiger partial charge in [0, 0.05) is 22.6 Å². The first-order valence-corrected chi connectivity index (χ1v) is 11.6. The maximum absolute atomic E-state index is 12.7. The van der Waals surface area contributed by atoms with Crippen LogP contribution in [0.5, 0.6) is 0 Å². The zero-order valence-corrected chi connectivity index (χ0v) is 18.9. The van der Waals surface area contributed by atoms with Crippen molar-refractivity contribution in [2.45, 2.75) is 5.92 Å². The minimum absolute atomic E-state index is 0.0207. The van der Waals surface area contributed by atoms with Gasteiger partial charge in [-0.25, -0.2) is 4.79 Å². The van der Waals surface area contributed by atoms with Crippen molar-refractivity contribution in [2.75, 3.05) is 13.2 Å². The van der Waals surface area contributed by atoms with E-state index in [1.165, 1.54) is 22.3 Å². The highest BCUT2D eigenvalue weighted by Gasteiger charge is 2.29. The normalized spacial score (nSPS) is 12.6. The zero-order chi connectivity index (χ0) is 23.8. The molecule has 0 atom stereocenters. The third-order valence-corrected chi connectivity index (χ3v) is 6.62. The Kier molecular flexibility index (Phi) is 5.16. The molecule has 0 unspecified atom stereocenters. The molecule has 2 aliphatic carbocycles. The van der Waals surface area contributed by atoms with Gasteiger partial charge < -0.3 is 10.1 Å². The Morgan fingerprint density at radius 3 is 2.06 bits per heavy atom. The summed E-state index contributed by atoms with van der Waals surface area (Å²) in [6.07, 6.45) is -0.499. The quantitative estimate of drug-likeness (QED) is 0.351. The van der Waals surface area contributed by atoms with E-state index in [9.17, 15) is 9.59 Å². The van der Waals surface area contributed by atoms with Crippen LogP contribution in [0.4, 0.5) is 4.79 Å². The molecule has 35 heavy (non-hydrogen) atoms. The Hall–Kier alpha value is -4.62. The third-order valence-electron chi connectivity index (χ3n) is 6.62. The second-order valence-electron chi connectivity index (χ2n) is 8.62. The van der Waals surface area contributed by atoms with Crippen LogP contribution in [0.3, 0.4) is 0 Å². The van der Waals surface area contributed by atoms with Crippen LogP contribution in [0, 0.1) is 11.8 Å². The van der Waals surface area contributed by atoms with Crippen LogP contribution in [0.25, 0.3) is 22.3 Å². The van der Waals surface area contributed by atoms with Crippen molar-refractivity contribution in [1.82, 2.24) is 5.32 Å². The van der Waals surface area contributed by atoms with Crippen molar-refractivity contribution in [3.63, 3.8) is 0 Å². The van der Waals surface area contributed by atoms with Gasteiger partial charge in [-0.1, -0.05) is 90.7 Å². The minimum Gasteiger partial charge on any atom is -0.449 e. The van der Waals surface area contributed by atoms with Crippen LogP contribution in [0.2, 0.25) is 0 Å². The molecule has 0 heterocycles. The molecule has 6 rings (SSSR count). The predicted molar refractivity (Wildman–Crippen MR) is 135 cm³/mol. The smallest absolute Gasteiger partial charge is 0.407 e. The first kappa shape index (κ1) is 20.9. The number of hydrogen-bond donors (Lipinski definition) is 1. The molecule has 1 N–H and O–H groups in total. The number of rotatable bonds is 3. The maximum atomic E-state index is 12.7. The number of ketones is 1. The topological polar surface area (TPSA) is 55.4 Å². The fourth-order valence-corrected chi connectivity index (χ4v) is 5.02. The summed E-state index contributed by atoms with van der Waals surface area (Å²) in [7, 11) is 0. The predicted octanol–water partition coefficient (Wildman–Crippen LogP) is 5.79. The molecule has 0 aromatic heterocycles. The molecule has 2 aliphatic rings. The van der Waals surface area contributed by atoms with E-state index in [1.807, 2.05) is 66.7 Å². The molecular weight excluding hydrogens is 434 g/mol. The number of alkyl carbamates (subject to hydrolysis) is 1. The van der Waals surface area contributed by atoms with E-state index >= 15 is 0 Å². The Balaban J connectivity index is 1.08. The number of hydrogen-bond acceptors (Lipinski definition) is 3. The number of nitrogens with one attached hydrogen (secondary N) is 1. The van der Waals surface area contributed by atoms with Gasteiger partial charge in [0.05, 0.1) is 6.54 Å². The summed E-state index contributed by atoms with van der Waals surface area (Å²) in [4.78, 5) is 25.0. The zero-order valence-electron chi connectivity index (χ0n) is 18.9. The average molecular weight is 456 g/mol. The highest BCUT2D eigenvalue weighted by atomic mass is 16.5. The van der Waals surface area contributed by atoms with Gasteiger partial charge in [0.15, 0.2) is 5.78 Å². The van der Waals surface area contributed by atoms with Crippen LogP contribution < -0.4 is 5.32 Å². The van der Waals surface area contributed by atoms with Gasteiger partial charge >= 0.3 is 6.09 Å². The molecule has 0 spiro atoms. The summed E-state index contributed by atoms with van der Waals surface area (Å²) >= 11 is 0. The van der Waals surface area contributed by atoms with Gasteiger partial charge in [0.25, 0.3) is 0 Å². The Morgan fingerprint density at radius 1 is 0.743 bits per heavy atom. The fourth-order valence-electron chi connectivity index (χ4n) is 5.02. The van der Waals surface area contributed by atoms with Gasteiger partial charge in [-0.15, -0.1) is 0 Å². The lowest BCUT2D eigenvalue weighted by Crippen LogP contribution is -2.26. The van der Waals surface area contributed by atoms with Gasteiger partial charge in [-0.05, 0) is 45.5 Å². The summed E-state index contributed by atoms with van der Waals surface area (Å²) in [5, 5.41) is 2.70. The molecule has 0 bridgehead atoms. The number of carbonyl (C=O) groups is 2. The largest absolute Gasteiger partial charge is 0.449 e. The number of carbonyl (C=O) groups excluding carboxylic acids is 2. The van der Waals surface area contributed by atoms with Gasteiger partial charge in [0.1, 0.15) is 6.61 Å². The highest BCUT2D eigenvalue weighted by molar-refractivity contribution is 6.21. The molecule has 4 heteroatoms. The van der Waals surface area contributed by atoms with Crippen molar-refractivity contribution in [1.29, 1.82) is 0 Å². The lowest BCUT2D eigenvalue weighted by atomic mass is 9.98. The second-order valence-corrected chi connectivity index (χ2v) is 8.62. The molecule has 4 nitrogen and oxygen atoms in total. The molecule has 0 saturated carbocycles. The molecular formula is C31H21NO3. The minimum atomic E-state index is -0.499. The Labute approximate surface area is 203 Å². The van der Waals surface area contributed by atoms with E-state index in [0.717, 1.165) is 22.3 Å². The third kappa shape index (κ3) is 3.68. The molecule has 168 valence electrons. The summed E-state index contributed by atoms with van der Waals surface area (Å²) in [6.45, 7) is 0.419. The van der Waals surface area contributed by atoms with E-state index in [2.05, 4.69) is 41.4 Å². The van der Waals surface area contributed by atoms with E-state index < -0.39 is 6.09 Å². The van der Waals surface area contributed by atoms with E-state index in [1.54, 1.807) is 0 Å². The van der Waals surface area contributed by atoms with E-state index in [0.29, 0.717) is 5.56 Å². The Bertz CT molecular complexity index is 1510. The fraction of sp³-hybridized carbons (Fsp3) is 0.0968. The van der Waals surface area contributed by atoms with Gasteiger partial charge in [0.2, 0.25) is 0 Å². The lowest BCUT2D eigenvalue weighted by Gasteiger charge is -2.14. The Morgan fingerprint density at radius 2 is 1.34 bits per heavy atom. The van der Waals surface area contributed by atoms with Gasteiger partial charge in [-0.2, -0.15) is 0 Å². The average Bonchev–Trinajstić information content (AvgIpc) is 3.37.